The average Bonchev–Trinajstić information content (AvgIpc) is 2.87. The minimum absolute atomic E-state index is 0.275. The molecular formula is C16H9ClN4S. The summed E-state index contributed by atoms with van der Waals surface area (Å²) in [5.41, 5.74) is 3.35. The molecule has 0 atom stereocenters. The van der Waals surface area contributed by atoms with Gasteiger partial charge in [0.25, 0.3) is 0 Å². The predicted molar refractivity (Wildman–Crippen MR) is 86.4 cm³/mol. The van der Waals surface area contributed by atoms with Crippen LogP contribution in [-0.4, -0.2) is 9.38 Å². The number of rotatable bonds is 3. The van der Waals surface area contributed by atoms with E-state index >= 15 is 0 Å². The number of thiocyanates is 1. The second kappa shape index (κ2) is 6.11. The minimum Gasteiger partial charge on any atom is -0.315 e. The maximum absolute atomic E-state index is 9.02. The van der Waals surface area contributed by atoms with Crippen molar-refractivity contribution in [3.63, 3.8) is 0 Å². The molecule has 0 bridgehead atoms. The second-order valence-corrected chi connectivity index (χ2v) is 5.79. The molecule has 22 heavy (non-hydrogen) atoms. The van der Waals surface area contributed by atoms with Crippen molar-refractivity contribution in [3.05, 3.63) is 53.4 Å². The molecule has 3 rings (SSSR count). The van der Waals surface area contributed by atoms with Crippen molar-refractivity contribution < 1.29 is 0 Å². The lowest BCUT2D eigenvalue weighted by Crippen LogP contribution is -1.95. The van der Waals surface area contributed by atoms with E-state index in [9.17, 15) is 0 Å². The zero-order valence-electron chi connectivity index (χ0n) is 11.3. The molecule has 0 radical (unpaired) electrons. The molecule has 0 aliphatic carbocycles. The minimum atomic E-state index is 0.275. The zero-order chi connectivity index (χ0) is 15.5. The van der Waals surface area contributed by atoms with Crippen LogP contribution in [0.1, 0.15) is 5.69 Å². The smallest absolute Gasteiger partial charge is 0.138 e. The van der Waals surface area contributed by atoms with Crippen LogP contribution < -0.4 is 0 Å². The van der Waals surface area contributed by atoms with Gasteiger partial charge in [0, 0.05) is 28.7 Å². The Morgan fingerprint density at radius 2 is 2.00 bits per heavy atom. The molecule has 0 aliphatic heterocycles. The van der Waals surface area contributed by atoms with Crippen LogP contribution in [0.3, 0.4) is 0 Å². The number of fused-ring (bicyclic) bond motifs is 1. The molecule has 0 amide bonds. The number of halogens is 1. The van der Waals surface area contributed by atoms with E-state index in [-0.39, 0.29) is 6.42 Å². The summed E-state index contributed by atoms with van der Waals surface area (Å²) in [6, 6.07) is 11.4. The van der Waals surface area contributed by atoms with Gasteiger partial charge < -0.3 is 4.40 Å². The van der Waals surface area contributed by atoms with Gasteiger partial charge in [-0.2, -0.15) is 10.5 Å². The van der Waals surface area contributed by atoms with Gasteiger partial charge >= 0.3 is 0 Å². The Labute approximate surface area is 136 Å². The molecule has 3 aromatic rings. The van der Waals surface area contributed by atoms with Crippen LogP contribution in [0.15, 0.2) is 47.6 Å². The fourth-order valence-electron chi connectivity index (χ4n) is 2.35. The van der Waals surface area contributed by atoms with Gasteiger partial charge in [-0.05, 0) is 30.0 Å². The van der Waals surface area contributed by atoms with Crippen LogP contribution in [-0.2, 0) is 6.42 Å². The number of benzene rings is 1. The summed E-state index contributed by atoms with van der Waals surface area (Å²) in [6.07, 6.45) is 3.78. The van der Waals surface area contributed by atoms with Gasteiger partial charge in [-0.3, -0.25) is 4.98 Å². The zero-order valence-corrected chi connectivity index (χ0v) is 12.9. The fraction of sp³-hybridized carbons (Fsp3) is 0.0625. The molecule has 0 fully saturated rings. The standard InChI is InChI=1S/C16H9ClN4S/c17-12-3-1-11(2-4-12)15-16-14(22-10-19)9-13(5-6-18)21(16)8-7-20-15/h1-4,7-9H,5H2. The highest BCUT2D eigenvalue weighted by Gasteiger charge is 2.15. The van der Waals surface area contributed by atoms with E-state index in [4.69, 9.17) is 22.1 Å². The van der Waals surface area contributed by atoms with E-state index in [0.29, 0.717) is 5.02 Å². The Morgan fingerprint density at radius 1 is 1.23 bits per heavy atom. The van der Waals surface area contributed by atoms with E-state index in [1.165, 1.54) is 0 Å². The van der Waals surface area contributed by atoms with Crippen molar-refractivity contribution in [1.82, 2.24) is 9.38 Å². The topological polar surface area (TPSA) is 64.9 Å². The average molecular weight is 325 g/mol. The molecule has 0 N–H and O–H groups in total. The molecule has 4 nitrogen and oxygen atoms in total. The highest BCUT2D eigenvalue weighted by atomic mass is 35.5. The molecule has 1 aromatic carbocycles. The number of hydrogen-bond donors (Lipinski definition) is 0. The Kier molecular flexibility index (Phi) is 4.02. The van der Waals surface area contributed by atoms with E-state index < -0.39 is 0 Å². The third kappa shape index (κ3) is 2.53. The largest absolute Gasteiger partial charge is 0.315 e. The first-order chi connectivity index (χ1) is 10.7. The van der Waals surface area contributed by atoms with Gasteiger partial charge in [0.15, 0.2) is 0 Å². The number of nitrogens with zero attached hydrogens (tertiary/aromatic N) is 4. The molecule has 0 saturated heterocycles. The first-order valence-corrected chi connectivity index (χ1v) is 7.62. The van der Waals surface area contributed by atoms with Gasteiger partial charge in [-0.25, -0.2) is 0 Å². The summed E-state index contributed by atoms with van der Waals surface area (Å²) >= 11 is 7.01. The van der Waals surface area contributed by atoms with E-state index in [1.807, 2.05) is 28.8 Å². The highest BCUT2D eigenvalue weighted by molar-refractivity contribution is 8.04. The second-order valence-electron chi connectivity index (χ2n) is 4.53. The fourth-order valence-corrected chi connectivity index (χ4v) is 3.06. The lowest BCUT2D eigenvalue weighted by Gasteiger charge is -2.06. The van der Waals surface area contributed by atoms with E-state index in [1.54, 1.807) is 18.3 Å². The van der Waals surface area contributed by atoms with Gasteiger partial charge in [0.05, 0.1) is 28.6 Å². The number of nitriles is 2. The monoisotopic (exact) mass is 324 g/mol. The summed E-state index contributed by atoms with van der Waals surface area (Å²) in [7, 11) is 0. The van der Waals surface area contributed by atoms with E-state index in [2.05, 4.69) is 16.5 Å². The van der Waals surface area contributed by atoms with Crippen LogP contribution in [0, 0.1) is 22.0 Å². The van der Waals surface area contributed by atoms with Crippen LogP contribution in [0.25, 0.3) is 16.8 Å². The van der Waals surface area contributed by atoms with Crippen molar-refractivity contribution in [1.29, 1.82) is 10.5 Å². The summed E-state index contributed by atoms with van der Waals surface area (Å²) in [6.45, 7) is 0. The molecule has 0 aliphatic rings. The molecule has 106 valence electrons. The lowest BCUT2D eigenvalue weighted by atomic mass is 10.1. The Balaban J connectivity index is 2.29. The maximum atomic E-state index is 9.02. The lowest BCUT2D eigenvalue weighted by molar-refractivity contribution is 1.04. The summed E-state index contributed by atoms with van der Waals surface area (Å²) in [5.74, 6) is 0. The molecule has 0 spiro atoms. The Hall–Kier alpha value is -2.47. The molecule has 2 aromatic heterocycles. The highest BCUT2D eigenvalue weighted by Crippen LogP contribution is 2.33. The van der Waals surface area contributed by atoms with Crippen molar-refractivity contribution in [2.45, 2.75) is 11.3 Å². The Morgan fingerprint density at radius 3 is 2.68 bits per heavy atom. The van der Waals surface area contributed by atoms with E-state index in [0.717, 1.165) is 39.1 Å². The van der Waals surface area contributed by atoms with Crippen LogP contribution in [0.5, 0.6) is 0 Å². The molecule has 2 heterocycles. The van der Waals surface area contributed by atoms with Crippen LogP contribution >= 0.6 is 23.4 Å². The quantitative estimate of drug-likeness (QED) is 0.532. The summed E-state index contributed by atoms with van der Waals surface area (Å²) in [4.78, 5) is 5.25. The van der Waals surface area contributed by atoms with Gasteiger partial charge in [-0.15, -0.1) is 0 Å². The number of hydrogen-bond acceptors (Lipinski definition) is 4. The predicted octanol–water partition coefficient (Wildman–Crippen LogP) is 4.29. The van der Waals surface area contributed by atoms with Crippen LogP contribution in [0.4, 0.5) is 0 Å². The van der Waals surface area contributed by atoms with Crippen molar-refractivity contribution in [2.24, 2.45) is 0 Å². The number of thioether (sulfide) groups is 1. The van der Waals surface area contributed by atoms with Gasteiger partial charge in [0.1, 0.15) is 5.40 Å². The van der Waals surface area contributed by atoms with Gasteiger partial charge in [0.2, 0.25) is 0 Å². The van der Waals surface area contributed by atoms with Crippen molar-refractivity contribution in [3.8, 4) is 22.7 Å². The summed E-state index contributed by atoms with van der Waals surface area (Å²) in [5, 5.41) is 20.7. The molecule has 0 unspecified atom stereocenters. The number of aromatic nitrogens is 2. The first kappa shape index (κ1) is 14.5. The molecular weight excluding hydrogens is 316 g/mol. The maximum Gasteiger partial charge on any atom is 0.138 e. The molecule has 6 heteroatoms. The Bertz CT molecular complexity index is 916. The van der Waals surface area contributed by atoms with Crippen molar-refractivity contribution >= 4 is 28.9 Å². The third-order valence-electron chi connectivity index (χ3n) is 3.26. The summed E-state index contributed by atoms with van der Waals surface area (Å²) < 4.78 is 1.92. The van der Waals surface area contributed by atoms with Gasteiger partial charge in [-0.1, -0.05) is 23.7 Å². The first-order valence-electron chi connectivity index (χ1n) is 6.42. The SMILES string of the molecule is N#CCc1cc(SC#N)c2c(-c3ccc(Cl)cc3)nccn12. The molecule has 0 saturated carbocycles. The van der Waals surface area contributed by atoms with Crippen LogP contribution in [0.2, 0.25) is 5.02 Å². The normalized spacial score (nSPS) is 10.3. The van der Waals surface area contributed by atoms with Crippen molar-refractivity contribution in [2.75, 3.05) is 0 Å². The third-order valence-corrected chi connectivity index (χ3v) is 4.13.